The molecule has 1 aromatic heterocycles. The molecule has 0 unspecified atom stereocenters. The van der Waals surface area contributed by atoms with E-state index in [0.717, 1.165) is 23.3 Å². The zero-order valence-electron chi connectivity index (χ0n) is 15.3. The molecule has 2 aromatic carbocycles. The summed E-state index contributed by atoms with van der Waals surface area (Å²) in [7, 11) is 1.63. The lowest BCUT2D eigenvalue weighted by atomic mass is 10.2. The van der Waals surface area contributed by atoms with Crippen molar-refractivity contribution < 1.29 is 9.53 Å². The molecular weight excluding hydrogens is 364 g/mol. The Morgan fingerprint density at radius 1 is 1.15 bits per heavy atom. The Hall–Kier alpha value is -2.86. The van der Waals surface area contributed by atoms with E-state index in [1.807, 2.05) is 43.3 Å². The number of hydrogen-bond acceptors (Lipinski definition) is 5. The van der Waals surface area contributed by atoms with Crippen molar-refractivity contribution in [2.24, 2.45) is 0 Å². The average Bonchev–Trinajstić information content (AvgIpc) is 3.12. The number of benzene rings is 2. The average molecular weight is 385 g/mol. The van der Waals surface area contributed by atoms with E-state index < -0.39 is 0 Å². The summed E-state index contributed by atoms with van der Waals surface area (Å²) in [6.45, 7) is 2.47. The van der Waals surface area contributed by atoms with Crippen molar-refractivity contribution in [3.05, 3.63) is 59.1 Å². The van der Waals surface area contributed by atoms with Crippen molar-refractivity contribution >= 4 is 23.5 Å². The summed E-state index contributed by atoms with van der Waals surface area (Å²) in [5.74, 6) is 1.61. The fourth-order valence-corrected chi connectivity index (χ4v) is 2.69. The van der Waals surface area contributed by atoms with Gasteiger partial charge < -0.3 is 10.1 Å². The van der Waals surface area contributed by atoms with Gasteiger partial charge in [0.25, 0.3) is 0 Å². The number of hydrogen-bond donors (Lipinski definition) is 1. The number of nitrogens with zero attached hydrogens (tertiary/aromatic N) is 3. The molecule has 0 bridgehead atoms. The van der Waals surface area contributed by atoms with Crippen molar-refractivity contribution in [1.82, 2.24) is 14.8 Å². The first-order valence-corrected chi connectivity index (χ1v) is 9.11. The Kier molecular flexibility index (Phi) is 6.08. The number of ether oxygens (including phenoxy) is 1. The van der Waals surface area contributed by atoms with Gasteiger partial charge in [-0.05, 0) is 48.4 Å². The van der Waals surface area contributed by atoms with Crippen LogP contribution in [0, 0.1) is 0 Å². The molecule has 3 aromatic rings. The molecule has 0 saturated carbocycles. The SMILES string of the molecule is CCCC(=O)n1nc(-c2ccc(Cl)cc2)nc1NCc1ccc(OC)cc1. The molecular formula is C20H21ClN4O2. The van der Waals surface area contributed by atoms with Gasteiger partial charge in [-0.25, -0.2) is 0 Å². The van der Waals surface area contributed by atoms with Crippen molar-refractivity contribution in [2.75, 3.05) is 12.4 Å². The van der Waals surface area contributed by atoms with Gasteiger partial charge in [0.1, 0.15) is 5.75 Å². The molecule has 0 spiro atoms. The summed E-state index contributed by atoms with van der Waals surface area (Å²) in [5, 5.41) is 8.25. The number of halogens is 1. The molecule has 1 heterocycles. The second kappa shape index (κ2) is 8.68. The number of nitrogens with one attached hydrogen (secondary N) is 1. The molecule has 0 saturated heterocycles. The van der Waals surface area contributed by atoms with Gasteiger partial charge in [0.2, 0.25) is 11.9 Å². The Bertz CT molecular complexity index is 905. The normalized spacial score (nSPS) is 10.6. The Labute approximate surface area is 163 Å². The third kappa shape index (κ3) is 4.65. The highest BCUT2D eigenvalue weighted by atomic mass is 35.5. The van der Waals surface area contributed by atoms with Crippen LogP contribution in [0.25, 0.3) is 11.4 Å². The van der Waals surface area contributed by atoms with Crippen LogP contribution in [0.5, 0.6) is 5.75 Å². The highest BCUT2D eigenvalue weighted by Gasteiger charge is 2.16. The van der Waals surface area contributed by atoms with E-state index in [1.165, 1.54) is 4.68 Å². The van der Waals surface area contributed by atoms with Crippen LogP contribution >= 0.6 is 11.6 Å². The Morgan fingerprint density at radius 3 is 2.48 bits per heavy atom. The Balaban J connectivity index is 1.84. The lowest BCUT2D eigenvalue weighted by Gasteiger charge is -2.07. The third-order valence-electron chi connectivity index (χ3n) is 4.02. The van der Waals surface area contributed by atoms with Gasteiger partial charge in [-0.3, -0.25) is 4.79 Å². The van der Waals surface area contributed by atoms with E-state index in [9.17, 15) is 4.79 Å². The van der Waals surface area contributed by atoms with Crippen LogP contribution in [0.15, 0.2) is 48.5 Å². The van der Waals surface area contributed by atoms with Gasteiger partial charge in [-0.15, -0.1) is 5.10 Å². The molecule has 1 N–H and O–H groups in total. The monoisotopic (exact) mass is 384 g/mol. The molecule has 0 aliphatic carbocycles. The van der Waals surface area contributed by atoms with E-state index in [-0.39, 0.29) is 5.91 Å². The number of rotatable bonds is 7. The minimum Gasteiger partial charge on any atom is -0.497 e. The van der Waals surface area contributed by atoms with E-state index in [2.05, 4.69) is 15.4 Å². The van der Waals surface area contributed by atoms with Gasteiger partial charge in [-0.1, -0.05) is 30.7 Å². The predicted octanol–water partition coefficient (Wildman–Crippen LogP) is 4.66. The van der Waals surface area contributed by atoms with Gasteiger partial charge in [-0.2, -0.15) is 9.67 Å². The summed E-state index contributed by atoms with van der Waals surface area (Å²) < 4.78 is 6.51. The number of carbonyl (C=O) groups is 1. The maximum absolute atomic E-state index is 12.4. The van der Waals surface area contributed by atoms with Crippen LogP contribution in [-0.4, -0.2) is 27.8 Å². The number of methoxy groups -OCH3 is 1. The fourth-order valence-electron chi connectivity index (χ4n) is 2.57. The highest BCUT2D eigenvalue weighted by molar-refractivity contribution is 6.30. The van der Waals surface area contributed by atoms with Crippen molar-refractivity contribution in [3.63, 3.8) is 0 Å². The van der Waals surface area contributed by atoms with E-state index in [1.54, 1.807) is 19.2 Å². The van der Waals surface area contributed by atoms with Crippen molar-refractivity contribution in [1.29, 1.82) is 0 Å². The minimum atomic E-state index is -0.0950. The fraction of sp³-hybridized carbons (Fsp3) is 0.250. The third-order valence-corrected chi connectivity index (χ3v) is 4.27. The molecule has 0 aliphatic heterocycles. The van der Waals surface area contributed by atoms with Crippen LogP contribution in [0.4, 0.5) is 5.95 Å². The van der Waals surface area contributed by atoms with Crippen molar-refractivity contribution in [2.45, 2.75) is 26.3 Å². The first kappa shape index (κ1) is 18.9. The molecule has 0 amide bonds. The van der Waals surface area contributed by atoms with Crippen LogP contribution < -0.4 is 10.1 Å². The van der Waals surface area contributed by atoms with Gasteiger partial charge in [0.05, 0.1) is 7.11 Å². The van der Waals surface area contributed by atoms with Gasteiger partial charge in [0, 0.05) is 23.6 Å². The maximum atomic E-state index is 12.4. The zero-order valence-corrected chi connectivity index (χ0v) is 16.0. The smallest absolute Gasteiger partial charge is 0.250 e. The van der Waals surface area contributed by atoms with Crippen LogP contribution in [0.2, 0.25) is 5.02 Å². The molecule has 0 radical (unpaired) electrons. The van der Waals surface area contributed by atoms with Crippen LogP contribution in [0.3, 0.4) is 0 Å². The first-order chi connectivity index (χ1) is 13.1. The zero-order chi connectivity index (χ0) is 19.2. The lowest BCUT2D eigenvalue weighted by molar-refractivity contribution is 0.0888. The van der Waals surface area contributed by atoms with Crippen LogP contribution in [-0.2, 0) is 6.54 Å². The standard InChI is InChI=1S/C20H21ClN4O2/c1-3-4-18(26)25-20(22-13-14-5-11-17(27-2)12-6-14)23-19(24-25)15-7-9-16(21)10-8-15/h5-12H,3-4,13H2,1-2H3,(H,22,23,24). The topological polar surface area (TPSA) is 69.0 Å². The summed E-state index contributed by atoms with van der Waals surface area (Å²) in [6, 6.07) is 14.9. The largest absolute Gasteiger partial charge is 0.497 e. The minimum absolute atomic E-state index is 0.0950. The Morgan fingerprint density at radius 2 is 1.85 bits per heavy atom. The number of anilines is 1. The molecule has 140 valence electrons. The first-order valence-electron chi connectivity index (χ1n) is 8.73. The summed E-state index contributed by atoms with van der Waals surface area (Å²) in [5.41, 5.74) is 1.84. The van der Waals surface area contributed by atoms with E-state index in [4.69, 9.17) is 16.3 Å². The lowest BCUT2D eigenvalue weighted by Crippen LogP contribution is -2.16. The molecule has 6 nitrogen and oxygen atoms in total. The molecule has 3 rings (SSSR count). The van der Waals surface area contributed by atoms with E-state index in [0.29, 0.717) is 29.8 Å². The second-order valence-electron chi connectivity index (χ2n) is 6.02. The number of carbonyl (C=O) groups excluding carboxylic acids is 1. The number of aromatic nitrogens is 3. The quantitative estimate of drug-likeness (QED) is 0.641. The summed E-state index contributed by atoms with van der Waals surface area (Å²) in [6.07, 6.45) is 1.15. The molecule has 0 atom stereocenters. The maximum Gasteiger partial charge on any atom is 0.250 e. The second-order valence-corrected chi connectivity index (χ2v) is 6.46. The molecule has 27 heavy (non-hydrogen) atoms. The summed E-state index contributed by atoms with van der Waals surface area (Å²) in [4.78, 5) is 17.0. The molecule has 0 aliphatic rings. The van der Waals surface area contributed by atoms with Crippen LogP contribution in [0.1, 0.15) is 30.1 Å². The van der Waals surface area contributed by atoms with Gasteiger partial charge >= 0.3 is 0 Å². The van der Waals surface area contributed by atoms with Crippen molar-refractivity contribution in [3.8, 4) is 17.1 Å². The summed E-state index contributed by atoms with van der Waals surface area (Å²) >= 11 is 5.95. The molecule has 7 heteroatoms. The molecule has 0 fully saturated rings. The predicted molar refractivity (Wildman–Crippen MR) is 106 cm³/mol. The van der Waals surface area contributed by atoms with Gasteiger partial charge in [0.15, 0.2) is 5.82 Å². The highest BCUT2D eigenvalue weighted by Crippen LogP contribution is 2.21. The van der Waals surface area contributed by atoms with E-state index >= 15 is 0 Å².